The number of rotatable bonds is 3. The number of hydrogen-bond donors (Lipinski definition) is 0. The van der Waals surface area contributed by atoms with Crippen molar-refractivity contribution in [2.45, 2.75) is 38.4 Å². The summed E-state index contributed by atoms with van der Waals surface area (Å²) < 4.78 is 16.1. The molecule has 2 fully saturated rings. The number of carbonyl (C=O) groups is 2. The van der Waals surface area contributed by atoms with E-state index in [0.29, 0.717) is 26.1 Å². The molecular weight excluding hydrogens is 236 g/mol. The van der Waals surface area contributed by atoms with Gasteiger partial charge < -0.3 is 19.0 Å². The smallest absolute Gasteiger partial charge is 0.309 e. The van der Waals surface area contributed by atoms with Crippen molar-refractivity contribution < 1.29 is 23.8 Å². The normalized spacial score (nSPS) is 30.3. The van der Waals surface area contributed by atoms with E-state index in [0.717, 1.165) is 12.8 Å². The maximum Gasteiger partial charge on any atom is 0.309 e. The van der Waals surface area contributed by atoms with E-state index in [2.05, 4.69) is 0 Å². The molecule has 1 aliphatic carbocycles. The Labute approximate surface area is 107 Å². The van der Waals surface area contributed by atoms with Crippen molar-refractivity contribution in [2.75, 3.05) is 20.3 Å². The van der Waals surface area contributed by atoms with E-state index >= 15 is 0 Å². The van der Waals surface area contributed by atoms with E-state index in [9.17, 15) is 9.59 Å². The standard InChI is InChI=1S/C13H20O5/c1-9(14)7-10-3-4-13(17-5-6-18-13)8-11(10)12(15)16-2/h10-11H,3-8H2,1-2H3. The highest BCUT2D eigenvalue weighted by molar-refractivity contribution is 5.78. The lowest BCUT2D eigenvalue weighted by Crippen LogP contribution is -2.43. The molecule has 0 aromatic heterocycles. The molecule has 0 N–H and O–H groups in total. The van der Waals surface area contributed by atoms with Crippen molar-refractivity contribution in [2.24, 2.45) is 11.8 Å². The van der Waals surface area contributed by atoms with Gasteiger partial charge >= 0.3 is 5.97 Å². The van der Waals surface area contributed by atoms with Crippen LogP contribution in [0.3, 0.4) is 0 Å². The number of carbonyl (C=O) groups excluding carboxylic acids is 2. The van der Waals surface area contributed by atoms with Gasteiger partial charge in [-0.15, -0.1) is 0 Å². The molecule has 18 heavy (non-hydrogen) atoms. The quantitative estimate of drug-likeness (QED) is 0.712. The minimum Gasteiger partial charge on any atom is -0.469 e. The minimum atomic E-state index is -0.619. The van der Waals surface area contributed by atoms with Crippen LogP contribution in [0.15, 0.2) is 0 Å². The van der Waals surface area contributed by atoms with Gasteiger partial charge in [0.15, 0.2) is 5.79 Å². The van der Waals surface area contributed by atoms with Gasteiger partial charge in [0.1, 0.15) is 5.78 Å². The van der Waals surface area contributed by atoms with Crippen LogP contribution in [0.2, 0.25) is 0 Å². The zero-order chi connectivity index (χ0) is 13.2. The molecule has 2 atom stereocenters. The van der Waals surface area contributed by atoms with Crippen LogP contribution in [0.4, 0.5) is 0 Å². The first kappa shape index (κ1) is 13.5. The highest BCUT2D eigenvalue weighted by Gasteiger charge is 2.48. The van der Waals surface area contributed by atoms with Gasteiger partial charge in [-0.3, -0.25) is 4.79 Å². The predicted molar refractivity (Wildman–Crippen MR) is 62.8 cm³/mol. The minimum absolute atomic E-state index is 0.0494. The number of hydrogen-bond acceptors (Lipinski definition) is 5. The Morgan fingerprint density at radius 2 is 2.00 bits per heavy atom. The highest BCUT2D eigenvalue weighted by atomic mass is 16.7. The maximum absolute atomic E-state index is 11.9. The maximum atomic E-state index is 11.9. The molecule has 2 aliphatic rings. The topological polar surface area (TPSA) is 61.8 Å². The van der Waals surface area contributed by atoms with Gasteiger partial charge in [-0.05, 0) is 19.3 Å². The lowest BCUT2D eigenvalue weighted by molar-refractivity contribution is -0.202. The molecule has 1 heterocycles. The summed E-state index contributed by atoms with van der Waals surface area (Å²) in [6, 6.07) is 0. The molecule has 1 aliphatic heterocycles. The SMILES string of the molecule is COC(=O)C1CC2(CCC1CC(C)=O)OCCO2. The van der Waals surface area contributed by atoms with E-state index < -0.39 is 5.79 Å². The number of Topliss-reactive ketones (excluding diaryl/α,β-unsaturated/α-hetero) is 1. The summed E-state index contributed by atoms with van der Waals surface area (Å²) in [5.74, 6) is -1.02. The average Bonchev–Trinajstić information content (AvgIpc) is 2.79. The molecule has 5 nitrogen and oxygen atoms in total. The molecule has 2 rings (SSSR count). The molecule has 0 bridgehead atoms. The summed E-state index contributed by atoms with van der Waals surface area (Å²) in [5, 5.41) is 0. The highest BCUT2D eigenvalue weighted by Crippen LogP contribution is 2.43. The van der Waals surface area contributed by atoms with E-state index in [1.54, 1.807) is 6.92 Å². The lowest BCUT2D eigenvalue weighted by atomic mass is 9.74. The first-order valence-electron chi connectivity index (χ1n) is 6.41. The van der Waals surface area contributed by atoms with Crippen LogP contribution in [-0.2, 0) is 23.8 Å². The summed E-state index contributed by atoms with van der Waals surface area (Å²) in [4.78, 5) is 23.1. The van der Waals surface area contributed by atoms with Crippen molar-refractivity contribution in [3.63, 3.8) is 0 Å². The monoisotopic (exact) mass is 256 g/mol. The second kappa shape index (κ2) is 5.36. The molecule has 1 saturated heterocycles. The number of ether oxygens (including phenoxy) is 3. The Balaban J connectivity index is 2.09. The number of ketones is 1. The lowest BCUT2D eigenvalue weighted by Gasteiger charge is -2.39. The molecule has 102 valence electrons. The third-order valence-electron chi connectivity index (χ3n) is 3.86. The van der Waals surface area contributed by atoms with Crippen molar-refractivity contribution in [3.8, 4) is 0 Å². The van der Waals surface area contributed by atoms with Gasteiger partial charge in [0.25, 0.3) is 0 Å². The molecule has 0 aromatic carbocycles. The van der Waals surface area contributed by atoms with Crippen LogP contribution in [-0.4, -0.2) is 37.9 Å². The molecule has 1 saturated carbocycles. The average molecular weight is 256 g/mol. The number of methoxy groups -OCH3 is 1. The zero-order valence-corrected chi connectivity index (χ0v) is 10.9. The van der Waals surface area contributed by atoms with Crippen LogP contribution < -0.4 is 0 Å². The molecule has 5 heteroatoms. The Bertz CT molecular complexity index is 332. The molecule has 0 radical (unpaired) electrons. The Hall–Kier alpha value is -0.940. The van der Waals surface area contributed by atoms with Crippen LogP contribution in [0, 0.1) is 11.8 Å². The van der Waals surface area contributed by atoms with Crippen LogP contribution in [0.25, 0.3) is 0 Å². The fourth-order valence-electron chi connectivity index (χ4n) is 3.01. The van der Waals surface area contributed by atoms with Gasteiger partial charge in [-0.1, -0.05) is 0 Å². The third-order valence-corrected chi connectivity index (χ3v) is 3.86. The van der Waals surface area contributed by atoms with Crippen molar-refractivity contribution in [3.05, 3.63) is 0 Å². The molecular formula is C13H20O5. The van der Waals surface area contributed by atoms with E-state index in [1.807, 2.05) is 0 Å². The molecule has 0 aromatic rings. The van der Waals surface area contributed by atoms with Crippen molar-refractivity contribution in [1.82, 2.24) is 0 Å². The van der Waals surface area contributed by atoms with Crippen LogP contribution >= 0.6 is 0 Å². The summed E-state index contributed by atoms with van der Waals surface area (Å²) >= 11 is 0. The summed E-state index contributed by atoms with van der Waals surface area (Å²) in [5.41, 5.74) is 0. The Morgan fingerprint density at radius 3 is 2.56 bits per heavy atom. The van der Waals surface area contributed by atoms with E-state index in [4.69, 9.17) is 14.2 Å². The second-order valence-corrected chi connectivity index (χ2v) is 5.15. The van der Waals surface area contributed by atoms with E-state index in [-0.39, 0.29) is 23.6 Å². The Morgan fingerprint density at radius 1 is 1.33 bits per heavy atom. The van der Waals surface area contributed by atoms with Crippen molar-refractivity contribution in [1.29, 1.82) is 0 Å². The van der Waals surface area contributed by atoms with Gasteiger partial charge in [-0.2, -0.15) is 0 Å². The molecule has 0 amide bonds. The largest absolute Gasteiger partial charge is 0.469 e. The van der Waals surface area contributed by atoms with Crippen molar-refractivity contribution >= 4 is 11.8 Å². The summed E-state index contributed by atoms with van der Waals surface area (Å²) in [6.45, 7) is 2.71. The number of esters is 1. The van der Waals surface area contributed by atoms with Gasteiger partial charge in [0, 0.05) is 19.3 Å². The molecule has 1 spiro atoms. The first-order valence-corrected chi connectivity index (χ1v) is 6.41. The van der Waals surface area contributed by atoms with Gasteiger partial charge in [-0.25, -0.2) is 0 Å². The fourth-order valence-corrected chi connectivity index (χ4v) is 3.01. The Kier molecular flexibility index (Phi) is 4.02. The third kappa shape index (κ3) is 2.72. The summed E-state index contributed by atoms with van der Waals surface area (Å²) in [6.07, 6.45) is 2.44. The zero-order valence-electron chi connectivity index (χ0n) is 10.9. The first-order chi connectivity index (χ1) is 8.56. The predicted octanol–water partition coefficient (Wildman–Crippen LogP) is 1.30. The van der Waals surface area contributed by atoms with Gasteiger partial charge in [0.05, 0.1) is 26.2 Å². The van der Waals surface area contributed by atoms with Gasteiger partial charge in [0.2, 0.25) is 0 Å². The second-order valence-electron chi connectivity index (χ2n) is 5.15. The summed E-state index contributed by atoms with van der Waals surface area (Å²) in [7, 11) is 1.38. The van der Waals surface area contributed by atoms with Crippen LogP contribution in [0.1, 0.15) is 32.6 Å². The fraction of sp³-hybridized carbons (Fsp3) is 0.846. The van der Waals surface area contributed by atoms with E-state index in [1.165, 1.54) is 7.11 Å². The molecule has 2 unspecified atom stereocenters. The van der Waals surface area contributed by atoms with Crippen LogP contribution in [0.5, 0.6) is 0 Å².